The van der Waals surface area contributed by atoms with Gasteiger partial charge in [-0.1, -0.05) is 51.9 Å². The minimum absolute atomic E-state index is 0.0137. The number of rotatable bonds is 5. The first-order chi connectivity index (χ1) is 9.69. The number of esters is 1. The van der Waals surface area contributed by atoms with E-state index < -0.39 is 0 Å². The summed E-state index contributed by atoms with van der Waals surface area (Å²) in [7, 11) is 1.51. The topological polar surface area (TPSA) is 26.3 Å². The Morgan fingerprint density at radius 3 is 1.90 bits per heavy atom. The molecule has 0 bridgehead atoms. The Morgan fingerprint density at radius 1 is 0.900 bits per heavy atom. The van der Waals surface area contributed by atoms with Crippen molar-refractivity contribution in [2.45, 2.75) is 77.6 Å². The maximum Gasteiger partial charge on any atom is 0.308 e. The minimum atomic E-state index is 0.0137. The fourth-order valence-electron chi connectivity index (χ4n) is 4.17. The van der Waals surface area contributed by atoms with Crippen LogP contribution in [-0.4, -0.2) is 13.1 Å². The quantitative estimate of drug-likeness (QED) is 0.665. The average Bonchev–Trinajstić information content (AvgIpc) is 2.49. The van der Waals surface area contributed by atoms with Crippen molar-refractivity contribution in [2.24, 2.45) is 23.7 Å². The first kappa shape index (κ1) is 15.9. The number of ether oxygens (including phenoxy) is 1. The third kappa shape index (κ3) is 4.79. The molecule has 2 saturated carbocycles. The van der Waals surface area contributed by atoms with Crippen molar-refractivity contribution in [3.63, 3.8) is 0 Å². The zero-order valence-corrected chi connectivity index (χ0v) is 13.4. The summed E-state index contributed by atoms with van der Waals surface area (Å²) in [6, 6.07) is 0. The minimum Gasteiger partial charge on any atom is -0.469 e. The lowest BCUT2D eigenvalue weighted by Gasteiger charge is -2.29. The third-order valence-corrected chi connectivity index (χ3v) is 5.74. The van der Waals surface area contributed by atoms with Gasteiger partial charge in [0, 0.05) is 0 Å². The molecule has 2 heteroatoms. The summed E-state index contributed by atoms with van der Waals surface area (Å²) < 4.78 is 4.86. The first-order valence-corrected chi connectivity index (χ1v) is 8.77. The molecule has 0 aliphatic heterocycles. The standard InChI is InChI=1S/C18H32O2/c1-14-6-8-15(9-7-14)4-3-5-16-10-12-17(13-11-16)18(19)20-2/h14-17H,3-13H2,1-2H3. The van der Waals surface area contributed by atoms with E-state index in [0.29, 0.717) is 0 Å². The Balaban J connectivity index is 1.56. The molecule has 2 aliphatic rings. The van der Waals surface area contributed by atoms with E-state index in [1.165, 1.54) is 64.9 Å². The van der Waals surface area contributed by atoms with E-state index >= 15 is 0 Å². The average molecular weight is 280 g/mol. The van der Waals surface area contributed by atoms with Gasteiger partial charge in [0.25, 0.3) is 0 Å². The van der Waals surface area contributed by atoms with Crippen LogP contribution < -0.4 is 0 Å². The maximum atomic E-state index is 11.5. The third-order valence-electron chi connectivity index (χ3n) is 5.74. The number of carbonyl (C=O) groups is 1. The summed E-state index contributed by atoms with van der Waals surface area (Å²) in [5, 5.41) is 0. The van der Waals surface area contributed by atoms with Crippen molar-refractivity contribution < 1.29 is 9.53 Å². The molecule has 0 amide bonds. The van der Waals surface area contributed by atoms with Crippen LogP contribution in [0.1, 0.15) is 77.6 Å². The molecule has 20 heavy (non-hydrogen) atoms. The summed E-state index contributed by atoms with van der Waals surface area (Å²) >= 11 is 0. The molecule has 2 rings (SSSR count). The molecule has 2 aliphatic carbocycles. The lowest BCUT2D eigenvalue weighted by Crippen LogP contribution is -2.23. The molecule has 0 aromatic carbocycles. The molecule has 2 nitrogen and oxygen atoms in total. The molecule has 0 radical (unpaired) electrons. The van der Waals surface area contributed by atoms with Gasteiger partial charge in [0.15, 0.2) is 0 Å². The summed E-state index contributed by atoms with van der Waals surface area (Å²) in [4.78, 5) is 11.5. The number of hydrogen-bond acceptors (Lipinski definition) is 2. The smallest absolute Gasteiger partial charge is 0.308 e. The molecule has 0 spiro atoms. The van der Waals surface area contributed by atoms with Crippen LogP contribution in [0.15, 0.2) is 0 Å². The molecule has 0 saturated heterocycles. The largest absolute Gasteiger partial charge is 0.469 e. The van der Waals surface area contributed by atoms with Gasteiger partial charge in [-0.3, -0.25) is 4.79 Å². The Kier molecular flexibility index (Phi) is 6.38. The second-order valence-electron chi connectivity index (χ2n) is 7.30. The van der Waals surface area contributed by atoms with Crippen molar-refractivity contribution >= 4 is 5.97 Å². The number of methoxy groups -OCH3 is 1. The molecule has 2 fully saturated rings. The highest BCUT2D eigenvalue weighted by atomic mass is 16.5. The molecule has 0 unspecified atom stereocenters. The van der Waals surface area contributed by atoms with Gasteiger partial charge in [-0.15, -0.1) is 0 Å². The summed E-state index contributed by atoms with van der Waals surface area (Å²) in [5.74, 6) is 3.06. The van der Waals surface area contributed by atoms with Gasteiger partial charge < -0.3 is 4.74 Å². The Morgan fingerprint density at radius 2 is 1.40 bits per heavy atom. The highest BCUT2D eigenvalue weighted by molar-refractivity contribution is 5.72. The van der Waals surface area contributed by atoms with Gasteiger partial charge in [-0.05, 0) is 43.4 Å². The molecular formula is C18H32O2. The van der Waals surface area contributed by atoms with Crippen LogP contribution in [0.5, 0.6) is 0 Å². The number of hydrogen-bond donors (Lipinski definition) is 0. The van der Waals surface area contributed by atoms with Gasteiger partial charge in [-0.2, -0.15) is 0 Å². The fraction of sp³-hybridized carbons (Fsp3) is 0.944. The van der Waals surface area contributed by atoms with Crippen molar-refractivity contribution in [3.05, 3.63) is 0 Å². The van der Waals surface area contributed by atoms with Gasteiger partial charge in [0.05, 0.1) is 13.0 Å². The zero-order valence-electron chi connectivity index (χ0n) is 13.4. The lowest BCUT2D eigenvalue weighted by molar-refractivity contribution is -0.146. The van der Waals surface area contributed by atoms with Gasteiger partial charge in [0.1, 0.15) is 0 Å². The zero-order chi connectivity index (χ0) is 14.4. The summed E-state index contributed by atoms with van der Waals surface area (Å²) in [6.07, 6.45) is 14.7. The van der Waals surface area contributed by atoms with Crippen molar-refractivity contribution in [2.75, 3.05) is 7.11 Å². The van der Waals surface area contributed by atoms with E-state index in [1.54, 1.807) is 0 Å². The molecule has 0 aromatic heterocycles. The van der Waals surface area contributed by atoms with Crippen LogP contribution in [0.2, 0.25) is 0 Å². The molecule has 0 N–H and O–H groups in total. The summed E-state index contributed by atoms with van der Waals surface area (Å²) in [6.45, 7) is 2.40. The maximum absolute atomic E-state index is 11.5. The fourth-order valence-corrected chi connectivity index (χ4v) is 4.17. The van der Waals surface area contributed by atoms with E-state index in [0.717, 1.165) is 30.6 Å². The van der Waals surface area contributed by atoms with Crippen LogP contribution in [0, 0.1) is 23.7 Å². The number of carbonyl (C=O) groups excluding carboxylic acids is 1. The van der Waals surface area contributed by atoms with Gasteiger partial charge in [0.2, 0.25) is 0 Å². The van der Waals surface area contributed by atoms with Crippen molar-refractivity contribution in [3.8, 4) is 0 Å². The molecule has 0 heterocycles. The van der Waals surface area contributed by atoms with Crippen molar-refractivity contribution in [1.29, 1.82) is 0 Å². The van der Waals surface area contributed by atoms with E-state index in [4.69, 9.17) is 4.74 Å². The lowest BCUT2D eigenvalue weighted by atomic mass is 9.77. The van der Waals surface area contributed by atoms with Crippen LogP contribution in [-0.2, 0) is 9.53 Å². The second kappa shape index (κ2) is 8.05. The van der Waals surface area contributed by atoms with E-state index in [1.807, 2.05) is 0 Å². The Labute approximate surface area is 124 Å². The molecule has 116 valence electrons. The van der Waals surface area contributed by atoms with Crippen LogP contribution in [0.3, 0.4) is 0 Å². The van der Waals surface area contributed by atoms with E-state index in [-0.39, 0.29) is 11.9 Å². The van der Waals surface area contributed by atoms with Crippen molar-refractivity contribution in [1.82, 2.24) is 0 Å². The molecule has 0 atom stereocenters. The van der Waals surface area contributed by atoms with Crippen LogP contribution >= 0.6 is 0 Å². The monoisotopic (exact) mass is 280 g/mol. The predicted molar refractivity (Wildman–Crippen MR) is 82.4 cm³/mol. The Hall–Kier alpha value is -0.530. The van der Waals surface area contributed by atoms with Crippen LogP contribution in [0.4, 0.5) is 0 Å². The van der Waals surface area contributed by atoms with Gasteiger partial charge >= 0.3 is 5.97 Å². The van der Waals surface area contributed by atoms with E-state index in [2.05, 4.69) is 6.92 Å². The Bertz CT molecular complexity index is 284. The highest BCUT2D eigenvalue weighted by Gasteiger charge is 2.26. The first-order valence-electron chi connectivity index (χ1n) is 8.77. The van der Waals surface area contributed by atoms with E-state index in [9.17, 15) is 4.79 Å². The summed E-state index contributed by atoms with van der Waals surface area (Å²) in [5.41, 5.74) is 0. The highest BCUT2D eigenvalue weighted by Crippen LogP contribution is 2.35. The van der Waals surface area contributed by atoms with Gasteiger partial charge in [-0.25, -0.2) is 0 Å². The molecular weight excluding hydrogens is 248 g/mol. The normalized spacial score (nSPS) is 34.7. The van der Waals surface area contributed by atoms with Crippen LogP contribution in [0.25, 0.3) is 0 Å². The SMILES string of the molecule is COC(=O)C1CCC(CCCC2CCC(C)CC2)CC1. The predicted octanol–water partition coefficient (Wildman–Crippen LogP) is 4.96. The second-order valence-corrected chi connectivity index (χ2v) is 7.30. The molecule has 0 aromatic rings.